The van der Waals surface area contributed by atoms with Crippen molar-refractivity contribution in [2.45, 2.75) is 37.8 Å². The fourth-order valence-corrected chi connectivity index (χ4v) is 5.61. The Labute approximate surface area is 208 Å². The molecule has 2 unspecified atom stereocenters. The molecule has 0 spiro atoms. The van der Waals surface area contributed by atoms with E-state index in [9.17, 15) is 19.2 Å². The Bertz CT molecular complexity index is 1260. The van der Waals surface area contributed by atoms with Gasteiger partial charge >= 0.3 is 6.03 Å². The maximum atomic E-state index is 13.1. The van der Waals surface area contributed by atoms with Crippen LogP contribution in [0.3, 0.4) is 0 Å². The van der Waals surface area contributed by atoms with Crippen LogP contribution in [0.25, 0.3) is 0 Å². The summed E-state index contributed by atoms with van der Waals surface area (Å²) in [5.74, 6) is 0.941. The molecule has 1 aromatic carbocycles. The number of urea groups is 1. The molecule has 10 nitrogen and oxygen atoms in total. The third-order valence-electron chi connectivity index (χ3n) is 7.39. The third kappa shape index (κ3) is 4.43. The molecule has 4 heterocycles. The van der Waals surface area contributed by atoms with Crippen molar-refractivity contribution in [1.82, 2.24) is 19.7 Å². The van der Waals surface area contributed by atoms with Gasteiger partial charge in [0.25, 0.3) is 11.5 Å². The van der Waals surface area contributed by atoms with E-state index in [1.54, 1.807) is 37.3 Å². The van der Waals surface area contributed by atoms with Gasteiger partial charge in [-0.3, -0.25) is 19.3 Å². The van der Waals surface area contributed by atoms with E-state index in [0.29, 0.717) is 37.6 Å². The highest BCUT2D eigenvalue weighted by molar-refractivity contribution is 6.05. The molecule has 10 heteroatoms. The molecule has 3 aliphatic heterocycles. The molecule has 2 fully saturated rings. The van der Waals surface area contributed by atoms with E-state index in [1.807, 2.05) is 22.8 Å². The number of piperidine rings is 1. The van der Waals surface area contributed by atoms with E-state index >= 15 is 0 Å². The number of pyridine rings is 1. The van der Waals surface area contributed by atoms with Crippen LogP contribution in [-0.2, 0) is 22.6 Å². The highest BCUT2D eigenvalue weighted by Crippen LogP contribution is 2.35. The van der Waals surface area contributed by atoms with Gasteiger partial charge < -0.3 is 24.3 Å². The summed E-state index contributed by atoms with van der Waals surface area (Å²) in [5.41, 5.74) is 1.85. The lowest BCUT2D eigenvalue weighted by molar-refractivity contribution is -0.137. The second-order valence-corrected chi connectivity index (χ2v) is 9.63. The number of methoxy groups -OCH3 is 2. The number of aromatic nitrogens is 1. The van der Waals surface area contributed by atoms with E-state index < -0.39 is 12.1 Å². The Morgan fingerprint density at radius 3 is 2.61 bits per heavy atom. The smallest absolute Gasteiger partial charge is 0.324 e. The van der Waals surface area contributed by atoms with Gasteiger partial charge in [0.1, 0.15) is 6.04 Å². The normalized spacial score (nSPS) is 22.8. The van der Waals surface area contributed by atoms with Crippen molar-refractivity contribution >= 4 is 17.8 Å². The molecule has 0 aliphatic carbocycles. The van der Waals surface area contributed by atoms with Crippen molar-refractivity contribution in [3.05, 3.63) is 58.0 Å². The lowest BCUT2D eigenvalue weighted by Crippen LogP contribution is -2.50. The zero-order valence-electron chi connectivity index (χ0n) is 20.4. The number of imide groups is 1. The summed E-state index contributed by atoms with van der Waals surface area (Å²) < 4.78 is 12.4. The maximum absolute atomic E-state index is 13.1. The van der Waals surface area contributed by atoms with E-state index in [4.69, 9.17) is 9.47 Å². The predicted molar refractivity (Wildman–Crippen MR) is 130 cm³/mol. The minimum atomic E-state index is -0.868. The predicted octanol–water partition coefficient (Wildman–Crippen LogP) is 1.36. The lowest BCUT2D eigenvalue weighted by atomic mass is 9.83. The summed E-state index contributed by atoms with van der Waals surface area (Å²) >= 11 is 0. The number of nitrogens with zero attached hydrogens (tertiary/aromatic N) is 3. The van der Waals surface area contributed by atoms with E-state index in [-0.39, 0.29) is 42.2 Å². The van der Waals surface area contributed by atoms with Crippen molar-refractivity contribution in [3.8, 4) is 11.5 Å². The number of hydrogen-bond donors (Lipinski definition) is 1. The minimum Gasteiger partial charge on any atom is -0.493 e. The number of hydrogen-bond acceptors (Lipinski definition) is 6. The third-order valence-corrected chi connectivity index (χ3v) is 7.39. The fraction of sp³-hybridized carbons (Fsp3) is 0.462. The van der Waals surface area contributed by atoms with E-state index in [2.05, 4.69) is 5.32 Å². The van der Waals surface area contributed by atoms with Gasteiger partial charge in [-0.05, 0) is 42.5 Å². The Morgan fingerprint density at radius 2 is 1.83 bits per heavy atom. The highest BCUT2D eigenvalue weighted by Gasteiger charge is 2.41. The van der Waals surface area contributed by atoms with Gasteiger partial charge in [-0.15, -0.1) is 0 Å². The average molecular weight is 495 g/mol. The Balaban J connectivity index is 1.20. The topological polar surface area (TPSA) is 110 Å². The van der Waals surface area contributed by atoms with Crippen LogP contribution in [0.15, 0.2) is 41.2 Å². The first-order valence-corrected chi connectivity index (χ1v) is 12.2. The maximum Gasteiger partial charge on any atom is 0.324 e. The molecule has 3 aliphatic rings. The number of nitrogens with one attached hydrogen (secondary N) is 1. The fourth-order valence-electron chi connectivity index (χ4n) is 5.61. The molecular formula is C26H30N4O6. The monoisotopic (exact) mass is 494 g/mol. The van der Waals surface area contributed by atoms with E-state index in [0.717, 1.165) is 17.7 Å². The van der Waals surface area contributed by atoms with Gasteiger partial charge in [0, 0.05) is 43.9 Å². The van der Waals surface area contributed by atoms with Gasteiger partial charge in [0.2, 0.25) is 5.91 Å². The lowest BCUT2D eigenvalue weighted by Gasteiger charge is -2.43. The summed E-state index contributed by atoms with van der Waals surface area (Å²) in [5, 5.41) is 2.67. The van der Waals surface area contributed by atoms with Crippen LogP contribution in [0.1, 0.15) is 30.0 Å². The van der Waals surface area contributed by atoms with Crippen molar-refractivity contribution < 1.29 is 23.9 Å². The van der Waals surface area contributed by atoms with Gasteiger partial charge in [-0.2, -0.15) is 0 Å². The molecule has 36 heavy (non-hydrogen) atoms. The molecule has 1 N–H and O–H groups in total. The summed E-state index contributed by atoms with van der Waals surface area (Å²) in [6.07, 6.45) is 1.32. The Kier molecular flexibility index (Phi) is 6.42. The molecule has 2 bridgehead atoms. The van der Waals surface area contributed by atoms with Crippen LogP contribution in [-0.4, -0.2) is 72.1 Å². The van der Waals surface area contributed by atoms with Gasteiger partial charge in [-0.25, -0.2) is 4.79 Å². The second kappa shape index (κ2) is 9.67. The zero-order chi connectivity index (χ0) is 25.4. The molecule has 2 aromatic rings. The summed E-state index contributed by atoms with van der Waals surface area (Å²) in [6, 6.07) is 9.39. The second-order valence-electron chi connectivity index (χ2n) is 9.63. The number of likely N-dealkylation sites (tertiary alicyclic amines) is 1. The van der Waals surface area contributed by atoms with Crippen LogP contribution in [0.2, 0.25) is 0 Å². The van der Waals surface area contributed by atoms with Crippen molar-refractivity contribution in [2.24, 2.45) is 5.92 Å². The van der Waals surface area contributed by atoms with Crippen molar-refractivity contribution in [1.29, 1.82) is 0 Å². The number of ether oxygens (including phenoxy) is 2. The molecule has 5 rings (SSSR count). The molecule has 190 valence electrons. The molecule has 3 atom stereocenters. The zero-order valence-corrected chi connectivity index (χ0v) is 20.4. The Morgan fingerprint density at radius 1 is 1.03 bits per heavy atom. The minimum absolute atomic E-state index is 0.00517. The Hall–Kier alpha value is -3.82. The first-order valence-electron chi connectivity index (χ1n) is 12.2. The van der Waals surface area contributed by atoms with Gasteiger partial charge in [0.15, 0.2) is 11.5 Å². The van der Waals surface area contributed by atoms with Crippen molar-refractivity contribution in [3.63, 3.8) is 0 Å². The van der Waals surface area contributed by atoms with Crippen LogP contribution in [0.4, 0.5) is 4.79 Å². The largest absolute Gasteiger partial charge is 0.493 e. The number of carbonyl (C=O) groups excluding carboxylic acids is 3. The molecule has 1 aromatic heterocycles. The number of rotatable bonds is 7. The molecule has 0 radical (unpaired) electrons. The molecular weight excluding hydrogens is 464 g/mol. The van der Waals surface area contributed by atoms with Gasteiger partial charge in [0.05, 0.1) is 20.6 Å². The molecule has 0 saturated carbocycles. The first kappa shape index (κ1) is 23.9. The number of fused-ring (bicyclic) bond motifs is 4. The quantitative estimate of drug-likeness (QED) is 0.582. The van der Waals surface area contributed by atoms with E-state index in [1.165, 1.54) is 4.90 Å². The molecule has 4 amide bonds. The summed E-state index contributed by atoms with van der Waals surface area (Å²) in [7, 11) is 3.11. The SMILES string of the molecule is COc1ccc(CCN2C(=O)N[C@@H](CC(=O)N3CC4CC(C3)c3cccc(=O)n3C4)C2=O)cc1OC. The van der Waals surface area contributed by atoms with Crippen LogP contribution in [0, 0.1) is 5.92 Å². The highest BCUT2D eigenvalue weighted by atomic mass is 16.5. The standard InChI is InChI=1S/C26H30N4O6/c1-35-21-7-6-16(11-22(21)36-2)8-9-29-25(33)19(27-26(29)34)12-24(32)28-13-17-10-18(15-28)20-4-3-5-23(31)30(20)14-17/h3-7,11,17-19H,8-10,12-15H2,1-2H3,(H,27,34)/t17?,18?,19-/m0/s1. The number of carbonyl (C=O) groups is 3. The summed E-state index contributed by atoms with van der Waals surface area (Å²) in [4.78, 5) is 53.8. The first-order chi connectivity index (χ1) is 17.4. The van der Waals surface area contributed by atoms with Crippen LogP contribution in [0.5, 0.6) is 11.5 Å². The number of amides is 4. The number of benzene rings is 1. The average Bonchev–Trinajstić information content (AvgIpc) is 3.14. The molecule has 2 saturated heterocycles. The van der Waals surface area contributed by atoms with Gasteiger partial charge in [-0.1, -0.05) is 12.1 Å². The van der Waals surface area contributed by atoms with Crippen LogP contribution < -0.4 is 20.3 Å². The van der Waals surface area contributed by atoms with Crippen LogP contribution >= 0.6 is 0 Å². The summed E-state index contributed by atoms with van der Waals surface area (Å²) in [6.45, 7) is 1.85. The van der Waals surface area contributed by atoms with Crippen molar-refractivity contribution in [2.75, 3.05) is 33.9 Å².